The second-order valence-electron chi connectivity index (χ2n) is 5.40. The molecule has 0 aliphatic rings. The van der Waals surface area contributed by atoms with Crippen LogP contribution in [0.5, 0.6) is 0 Å². The Labute approximate surface area is 123 Å². The summed E-state index contributed by atoms with van der Waals surface area (Å²) < 4.78 is 0. The number of likely N-dealkylation sites (N-methyl/N-ethyl adjacent to an activating group) is 1. The van der Waals surface area contributed by atoms with E-state index in [0.29, 0.717) is 6.04 Å². The van der Waals surface area contributed by atoms with Crippen LogP contribution in [0.4, 0.5) is 0 Å². The maximum atomic E-state index is 3.72. The fraction of sp³-hybridized carbons (Fsp3) is 0.765. The van der Waals surface area contributed by atoms with Crippen molar-refractivity contribution in [3.8, 4) is 0 Å². The van der Waals surface area contributed by atoms with Crippen LogP contribution in [-0.4, -0.2) is 12.6 Å². The van der Waals surface area contributed by atoms with Crippen LogP contribution >= 0.6 is 11.3 Å². The standard InChI is InChI=1S/C17H31NS/c1-5-9-10-14(6-2)17(18-8-4)13-16-12-11-15(7-3)19-16/h11-12,14,17-18H,5-10,13H2,1-4H3. The molecule has 0 radical (unpaired) electrons. The first kappa shape index (κ1) is 16.7. The first-order valence-electron chi connectivity index (χ1n) is 8.05. The third kappa shape index (κ3) is 5.66. The first-order valence-corrected chi connectivity index (χ1v) is 8.87. The Morgan fingerprint density at radius 3 is 2.37 bits per heavy atom. The van der Waals surface area contributed by atoms with E-state index in [9.17, 15) is 0 Å². The fourth-order valence-corrected chi connectivity index (χ4v) is 3.78. The summed E-state index contributed by atoms with van der Waals surface area (Å²) in [6.07, 6.45) is 7.73. The average Bonchev–Trinajstić information content (AvgIpc) is 2.87. The number of rotatable bonds is 10. The van der Waals surface area contributed by atoms with Gasteiger partial charge in [0.2, 0.25) is 0 Å². The number of nitrogens with one attached hydrogen (secondary N) is 1. The SMILES string of the molecule is CCCCC(CC)C(Cc1ccc(CC)s1)NCC. The van der Waals surface area contributed by atoms with Gasteiger partial charge in [-0.25, -0.2) is 0 Å². The van der Waals surface area contributed by atoms with Crippen molar-refractivity contribution in [2.75, 3.05) is 6.54 Å². The number of aryl methyl sites for hydroxylation is 1. The minimum Gasteiger partial charge on any atom is -0.314 e. The summed E-state index contributed by atoms with van der Waals surface area (Å²) in [6, 6.07) is 5.29. The van der Waals surface area contributed by atoms with Crippen LogP contribution in [0, 0.1) is 5.92 Å². The molecule has 0 aliphatic carbocycles. The third-order valence-corrected chi connectivity index (χ3v) is 5.23. The van der Waals surface area contributed by atoms with Crippen molar-refractivity contribution in [3.63, 3.8) is 0 Å². The van der Waals surface area contributed by atoms with Gasteiger partial charge in [-0.3, -0.25) is 0 Å². The molecular formula is C17H31NS. The van der Waals surface area contributed by atoms with Crippen LogP contribution in [-0.2, 0) is 12.8 Å². The second kappa shape index (κ2) is 9.55. The van der Waals surface area contributed by atoms with E-state index in [2.05, 4.69) is 45.1 Å². The van der Waals surface area contributed by atoms with Gasteiger partial charge in [-0.15, -0.1) is 11.3 Å². The number of hydrogen-bond donors (Lipinski definition) is 1. The van der Waals surface area contributed by atoms with E-state index in [1.807, 2.05) is 11.3 Å². The molecule has 1 aromatic heterocycles. The lowest BCUT2D eigenvalue weighted by atomic mass is 9.89. The zero-order chi connectivity index (χ0) is 14.1. The predicted molar refractivity (Wildman–Crippen MR) is 88.2 cm³/mol. The Balaban J connectivity index is 2.63. The highest BCUT2D eigenvalue weighted by molar-refractivity contribution is 7.11. The maximum Gasteiger partial charge on any atom is 0.0143 e. The minimum absolute atomic E-state index is 0.657. The fourth-order valence-electron chi connectivity index (χ4n) is 2.76. The van der Waals surface area contributed by atoms with Crippen LogP contribution in [0.2, 0.25) is 0 Å². The van der Waals surface area contributed by atoms with E-state index in [1.54, 1.807) is 4.88 Å². The lowest BCUT2D eigenvalue weighted by Crippen LogP contribution is -2.37. The van der Waals surface area contributed by atoms with Crippen LogP contribution in [0.1, 0.15) is 63.1 Å². The first-order chi connectivity index (χ1) is 9.24. The lowest BCUT2D eigenvalue weighted by Gasteiger charge is -2.26. The molecule has 0 amide bonds. The van der Waals surface area contributed by atoms with Crippen molar-refractivity contribution >= 4 is 11.3 Å². The van der Waals surface area contributed by atoms with Crippen LogP contribution in [0.3, 0.4) is 0 Å². The summed E-state index contributed by atoms with van der Waals surface area (Å²) in [7, 11) is 0. The lowest BCUT2D eigenvalue weighted by molar-refractivity contribution is 0.321. The van der Waals surface area contributed by atoms with Crippen molar-refractivity contribution in [3.05, 3.63) is 21.9 Å². The molecule has 0 fully saturated rings. The van der Waals surface area contributed by atoms with E-state index >= 15 is 0 Å². The van der Waals surface area contributed by atoms with E-state index in [1.165, 1.54) is 43.4 Å². The summed E-state index contributed by atoms with van der Waals surface area (Å²) in [5.41, 5.74) is 0. The van der Waals surface area contributed by atoms with Crippen LogP contribution in [0.25, 0.3) is 0 Å². The average molecular weight is 282 g/mol. The Kier molecular flexibility index (Phi) is 8.40. The molecule has 1 N–H and O–H groups in total. The van der Waals surface area contributed by atoms with Crippen LogP contribution < -0.4 is 5.32 Å². The summed E-state index contributed by atoms with van der Waals surface area (Å²) >= 11 is 2.00. The molecule has 1 rings (SSSR count). The molecule has 110 valence electrons. The van der Waals surface area contributed by atoms with Gasteiger partial charge in [0.1, 0.15) is 0 Å². The number of unbranched alkanes of at least 4 members (excludes halogenated alkanes) is 1. The number of hydrogen-bond acceptors (Lipinski definition) is 2. The van der Waals surface area contributed by atoms with Crippen molar-refractivity contribution < 1.29 is 0 Å². The molecule has 19 heavy (non-hydrogen) atoms. The van der Waals surface area contributed by atoms with Crippen LogP contribution in [0.15, 0.2) is 12.1 Å². The molecule has 1 heterocycles. The Hall–Kier alpha value is -0.340. The molecule has 0 saturated heterocycles. The van der Waals surface area contributed by atoms with E-state index in [4.69, 9.17) is 0 Å². The summed E-state index contributed by atoms with van der Waals surface area (Å²) in [4.78, 5) is 3.07. The normalized spacial score (nSPS) is 14.5. The third-order valence-electron chi connectivity index (χ3n) is 3.98. The molecule has 0 saturated carbocycles. The highest BCUT2D eigenvalue weighted by atomic mass is 32.1. The topological polar surface area (TPSA) is 12.0 Å². The quantitative estimate of drug-likeness (QED) is 0.633. The van der Waals surface area contributed by atoms with Gasteiger partial charge in [0.15, 0.2) is 0 Å². The van der Waals surface area contributed by atoms with Gasteiger partial charge < -0.3 is 5.32 Å². The van der Waals surface area contributed by atoms with Gasteiger partial charge in [0, 0.05) is 15.8 Å². The van der Waals surface area contributed by atoms with E-state index < -0.39 is 0 Å². The van der Waals surface area contributed by atoms with Gasteiger partial charge in [0.05, 0.1) is 0 Å². The van der Waals surface area contributed by atoms with Gasteiger partial charge >= 0.3 is 0 Å². The van der Waals surface area contributed by atoms with Crippen molar-refractivity contribution in [1.82, 2.24) is 5.32 Å². The second-order valence-corrected chi connectivity index (χ2v) is 6.65. The zero-order valence-corrected chi connectivity index (χ0v) is 14.0. The summed E-state index contributed by atoms with van der Waals surface area (Å²) in [6.45, 7) is 10.2. The molecule has 1 aromatic rings. The van der Waals surface area contributed by atoms with E-state index in [-0.39, 0.29) is 0 Å². The van der Waals surface area contributed by atoms with Crippen molar-refractivity contribution in [1.29, 1.82) is 0 Å². The van der Waals surface area contributed by atoms with Crippen molar-refractivity contribution in [2.24, 2.45) is 5.92 Å². The molecular weight excluding hydrogens is 250 g/mol. The maximum absolute atomic E-state index is 3.72. The predicted octanol–water partition coefficient (Wildman–Crippen LogP) is 5.05. The zero-order valence-electron chi connectivity index (χ0n) is 13.2. The molecule has 2 atom stereocenters. The van der Waals surface area contributed by atoms with Gasteiger partial charge in [-0.1, -0.05) is 47.0 Å². The monoisotopic (exact) mass is 281 g/mol. The smallest absolute Gasteiger partial charge is 0.0143 e. The summed E-state index contributed by atoms with van der Waals surface area (Å²) in [5.74, 6) is 0.826. The number of thiophene rings is 1. The van der Waals surface area contributed by atoms with Gasteiger partial charge in [-0.2, -0.15) is 0 Å². The summed E-state index contributed by atoms with van der Waals surface area (Å²) in [5, 5.41) is 3.72. The molecule has 0 spiro atoms. The highest BCUT2D eigenvalue weighted by Crippen LogP contribution is 2.24. The Bertz CT molecular complexity index is 332. The van der Waals surface area contributed by atoms with E-state index in [0.717, 1.165) is 12.5 Å². The van der Waals surface area contributed by atoms with Gasteiger partial charge in [-0.05, 0) is 43.9 Å². The molecule has 0 bridgehead atoms. The largest absolute Gasteiger partial charge is 0.314 e. The molecule has 1 nitrogen and oxygen atoms in total. The molecule has 0 aromatic carbocycles. The van der Waals surface area contributed by atoms with Gasteiger partial charge in [0.25, 0.3) is 0 Å². The highest BCUT2D eigenvalue weighted by Gasteiger charge is 2.19. The molecule has 2 heteroatoms. The Morgan fingerprint density at radius 1 is 1.11 bits per heavy atom. The molecule has 0 aliphatic heterocycles. The Morgan fingerprint density at radius 2 is 1.84 bits per heavy atom. The minimum atomic E-state index is 0.657. The van der Waals surface area contributed by atoms with Crippen molar-refractivity contribution in [2.45, 2.75) is 72.3 Å². The molecule has 2 unspecified atom stereocenters.